The molecule has 1 rings (SSSR count). The predicted molar refractivity (Wildman–Crippen MR) is 66.3 cm³/mol. The van der Waals surface area contributed by atoms with Gasteiger partial charge in [0.1, 0.15) is 0 Å². The minimum Gasteiger partial charge on any atom is -0.478 e. The van der Waals surface area contributed by atoms with E-state index in [9.17, 15) is 9.59 Å². The first-order valence-corrected chi connectivity index (χ1v) is 5.70. The van der Waals surface area contributed by atoms with Crippen LogP contribution in [0.5, 0.6) is 0 Å². The molecule has 0 saturated carbocycles. The fourth-order valence-electron chi connectivity index (χ4n) is 1.58. The molecule has 0 amide bonds. The molecule has 17 heavy (non-hydrogen) atoms. The molecule has 0 radical (unpaired) electrons. The fraction of sp³-hybridized carbons (Fsp3) is 0.385. The Bertz CT molecular complexity index is 448. The topological polar surface area (TPSA) is 59.3 Å². The summed E-state index contributed by atoms with van der Waals surface area (Å²) in [6.07, 6.45) is 7.18. The maximum atomic E-state index is 11.5. The van der Waals surface area contributed by atoms with E-state index in [4.69, 9.17) is 5.11 Å². The van der Waals surface area contributed by atoms with Gasteiger partial charge in [0.05, 0.1) is 5.56 Å². The van der Waals surface area contributed by atoms with Gasteiger partial charge < -0.3 is 9.67 Å². The Labute approximate surface area is 100 Å². The van der Waals surface area contributed by atoms with E-state index in [0.29, 0.717) is 6.54 Å². The molecule has 1 aromatic rings. The highest BCUT2D eigenvalue weighted by molar-refractivity contribution is 5.87. The maximum Gasteiger partial charge on any atom is 0.337 e. The van der Waals surface area contributed by atoms with E-state index >= 15 is 0 Å². The number of aryl methyl sites for hydroxylation is 1. The second-order valence-electron chi connectivity index (χ2n) is 3.89. The highest BCUT2D eigenvalue weighted by Gasteiger charge is 2.04. The monoisotopic (exact) mass is 235 g/mol. The SMILES string of the molecule is C=CCCCCCn1cc(C(=O)O)ccc1=O. The fourth-order valence-corrected chi connectivity index (χ4v) is 1.58. The summed E-state index contributed by atoms with van der Waals surface area (Å²) < 4.78 is 1.46. The van der Waals surface area contributed by atoms with Crippen LogP contribution in [-0.4, -0.2) is 15.6 Å². The third-order valence-corrected chi connectivity index (χ3v) is 2.54. The van der Waals surface area contributed by atoms with E-state index in [0.717, 1.165) is 25.7 Å². The minimum absolute atomic E-state index is 0.149. The van der Waals surface area contributed by atoms with Crippen LogP contribution < -0.4 is 5.56 Å². The van der Waals surface area contributed by atoms with Crippen molar-refractivity contribution in [3.8, 4) is 0 Å². The lowest BCUT2D eigenvalue weighted by atomic mass is 10.2. The van der Waals surface area contributed by atoms with Crippen molar-refractivity contribution in [3.05, 3.63) is 46.9 Å². The van der Waals surface area contributed by atoms with Gasteiger partial charge in [0.2, 0.25) is 0 Å². The number of nitrogens with zero attached hydrogens (tertiary/aromatic N) is 1. The van der Waals surface area contributed by atoms with Gasteiger partial charge in [0.25, 0.3) is 5.56 Å². The number of hydrogen-bond acceptors (Lipinski definition) is 2. The summed E-state index contributed by atoms with van der Waals surface area (Å²) in [6, 6.07) is 2.63. The average Bonchev–Trinajstić information content (AvgIpc) is 2.30. The molecular formula is C13H17NO3. The van der Waals surface area contributed by atoms with Crippen molar-refractivity contribution in [2.24, 2.45) is 0 Å². The van der Waals surface area contributed by atoms with Gasteiger partial charge >= 0.3 is 5.97 Å². The van der Waals surface area contributed by atoms with Crippen LogP contribution in [0, 0.1) is 0 Å². The lowest BCUT2D eigenvalue weighted by molar-refractivity contribution is 0.0696. The van der Waals surface area contributed by atoms with Crippen LogP contribution >= 0.6 is 0 Å². The van der Waals surface area contributed by atoms with E-state index in [1.165, 1.54) is 22.9 Å². The van der Waals surface area contributed by atoms with Crippen molar-refractivity contribution in [1.29, 1.82) is 0 Å². The van der Waals surface area contributed by atoms with Gasteiger partial charge in [-0.1, -0.05) is 12.5 Å². The second-order valence-corrected chi connectivity index (χ2v) is 3.89. The number of pyridine rings is 1. The largest absolute Gasteiger partial charge is 0.478 e. The van der Waals surface area contributed by atoms with E-state index in [-0.39, 0.29) is 11.1 Å². The maximum absolute atomic E-state index is 11.5. The van der Waals surface area contributed by atoms with Gasteiger partial charge in [-0.3, -0.25) is 4.79 Å². The zero-order chi connectivity index (χ0) is 12.7. The number of hydrogen-bond donors (Lipinski definition) is 1. The minimum atomic E-state index is -1.01. The summed E-state index contributed by atoms with van der Waals surface area (Å²) in [5.74, 6) is -1.01. The molecule has 1 heterocycles. The Hall–Kier alpha value is -1.84. The van der Waals surface area contributed by atoms with E-state index in [2.05, 4.69) is 6.58 Å². The van der Waals surface area contributed by atoms with Gasteiger partial charge in [0, 0.05) is 18.8 Å². The Balaban J connectivity index is 2.57. The van der Waals surface area contributed by atoms with Crippen LogP contribution in [0.15, 0.2) is 35.8 Å². The highest BCUT2D eigenvalue weighted by Crippen LogP contribution is 2.03. The Morgan fingerprint density at radius 3 is 2.76 bits per heavy atom. The highest BCUT2D eigenvalue weighted by atomic mass is 16.4. The summed E-state index contributed by atoms with van der Waals surface area (Å²) in [6.45, 7) is 4.21. The van der Waals surface area contributed by atoms with Crippen LogP contribution in [-0.2, 0) is 6.54 Å². The van der Waals surface area contributed by atoms with Crippen molar-refractivity contribution < 1.29 is 9.90 Å². The van der Waals surface area contributed by atoms with Gasteiger partial charge in [-0.25, -0.2) is 4.79 Å². The Morgan fingerprint density at radius 1 is 1.35 bits per heavy atom. The molecule has 0 bridgehead atoms. The average molecular weight is 235 g/mol. The first kappa shape index (κ1) is 13.2. The van der Waals surface area contributed by atoms with E-state index < -0.39 is 5.97 Å². The molecule has 0 unspecified atom stereocenters. The normalized spacial score (nSPS) is 10.1. The quantitative estimate of drug-likeness (QED) is 0.582. The summed E-state index contributed by atoms with van der Waals surface area (Å²) in [4.78, 5) is 22.2. The van der Waals surface area contributed by atoms with Crippen molar-refractivity contribution in [3.63, 3.8) is 0 Å². The molecule has 1 N–H and O–H groups in total. The first-order valence-electron chi connectivity index (χ1n) is 5.70. The van der Waals surface area contributed by atoms with Crippen molar-refractivity contribution in [2.45, 2.75) is 32.2 Å². The van der Waals surface area contributed by atoms with E-state index in [1.807, 2.05) is 6.08 Å². The number of carbonyl (C=O) groups is 1. The van der Waals surface area contributed by atoms with Crippen molar-refractivity contribution in [2.75, 3.05) is 0 Å². The molecule has 0 aliphatic carbocycles. The number of unbranched alkanes of at least 4 members (excludes halogenated alkanes) is 3. The molecule has 1 aromatic heterocycles. The van der Waals surface area contributed by atoms with Gasteiger partial charge in [-0.05, 0) is 25.3 Å². The van der Waals surface area contributed by atoms with Crippen LogP contribution in [0.25, 0.3) is 0 Å². The predicted octanol–water partition coefficient (Wildman–Crippen LogP) is 2.29. The van der Waals surface area contributed by atoms with Crippen LogP contribution in [0.3, 0.4) is 0 Å². The van der Waals surface area contributed by atoms with Crippen LogP contribution in [0.4, 0.5) is 0 Å². The molecule has 4 nitrogen and oxygen atoms in total. The summed E-state index contributed by atoms with van der Waals surface area (Å²) in [5.41, 5.74) is -0.00517. The molecule has 4 heteroatoms. The van der Waals surface area contributed by atoms with Crippen molar-refractivity contribution in [1.82, 2.24) is 4.57 Å². The zero-order valence-electron chi connectivity index (χ0n) is 9.76. The standard InChI is InChI=1S/C13H17NO3/c1-2-3-4-5-6-9-14-10-11(13(16)17)7-8-12(14)15/h2,7-8,10H,1,3-6,9H2,(H,16,17). The van der Waals surface area contributed by atoms with Crippen LogP contribution in [0.2, 0.25) is 0 Å². The lowest BCUT2D eigenvalue weighted by Crippen LogP contribution is -2.20. The summed E-state index contributed by atoms with van der Waals surface area (Å²) >= 11 is 0. The summed E-state index contributed by atoms with van der Waals surface area (Å²) in [7, 11) is 0. The molecule has 0 atom stereocenters. The van der Waals surface area contributed by atoms with E-state index in [1.54, 1.807) is 0 Å². The molecule has 92 valence electrons. The molecule has 0 saturated heterocycles. The molecule has 0 fully saturated rings. The molecule has 0 aliphatic heterocycles. The summed E-state index contributed by atoms with van der Waals surface area (Å²) in [5, 5.41) is 8.82. The molecule has 0 aliphatic rings. The third-order valence-electron chi connectivity index (χ3n) is 2.54. The molecule has 0 spiro atoms. The third kappa shape index (κ3) is 4.26. The smallest absolute Gasteiger partial charge is 0.337 e. The van der Waals surface area contributed by atoms with Crippen molar-refractivity contribution >= 4 is 5.97 Å². The zero-order valence-corrected chi connectivity index (χ0v) is 9.76. The number of rotatable bonds is 7. The van der Waals surface area contributed by atoms with Crippen LogP contribution in [0.1, 0.15) is 36.0 Å². The first-order chi connectivity index (χ1) is 8.15. The number of aromatic carboxylic acids is 1. The molecule has 0 aromatic carbocycles. The number of carboxylic acid groups (broad SMARTS) is 1. The van der Waals surface area contributed by atoms with Gasteiger partial charge in [0.15, 0.2) is 0 Å². The number of allylic oxidation sites excluding steroid dienone is 1. The van der Waals surface area contributed by atoms with Gasteiger partial charge in [-0.2, -0.15) is 0 Å². The molecular weight excluding hydrogens is 218 g/mol. The lowest BCUT2D eigenvalue weighted by Gasteiger charge is -2.05. The second kappa shape index (κ2) is 6.68. The number of carboxylic acids is 1. The Kier molecular flexibility index (Phi) is 5.20. The van der Waals surface area contributed by atoms with Gasteiger partial charge in [-0.15, -0.1) is 6.58 Å². The number of aromatic nitrogens is 1. The Morgan fingerprint density at radius 2 is 2.12 bits per heavy atom.